The lowest BCUT2D eigenvalue weighted by Crippen LogP contribution is -1.93. The topological polar surface area (TPSA) is 26.3 Å². The molecule has 0 aliphatic heterocycles. The molecular weight excluding hydrogens is 236 g/mol. The minimum Gasteiger partial charge on any atom is -0.497 e. The lowest BCUT2D eigenvalue weighted by molar-refractivity contribution is 0.108. The lowest BCUT2D eigenvalue weighted by atomic mass is 10.0. The standard InChI is InChI=1S/C14H11ClO2/c1-17-11-6-4-5-10(9-11)12-7-2-3-8-13(12)14(15)16/h2-9H,1H3. The Bertz CT molecular complexity index is 549. The van der Waals surface area contributed by atoms with Gasteiger partial charge in [-0.25, -0.2) is 0 Å². The maximum absolute atomic E-state index is 11.3. The van der Waals surface area contributed by atoms with Crippen molar-refractivity contribution in [3.05, 3.63) is 54.1 Å². The van der Waals surface area contributed by atoms with Gasteiger partial charge in [0.15, 0.2) is 0 Å². The Morgan fingerprint density at radius 3 is 2.59 bits per heavy atom. The first-order chi connectivity index (χ1) is 8.22. The van der Waals surface area contributed by atoms with Crippen molar-refractivity contribution in [1.29, 1.82) is 0 Å². The van der Waals surface area contributed by atoms with Crippen molar-refractivity contribution in [2.45, 2.75) is 0 Å². The average molecular weight is 247 g/mol. The van der Waals surface area contributed by atoms with Crippen LogP contribution in [-0.4, -0.2) is 12.4 Å². The molecule has 0 amide bonds. The molecule has 0 N–H and O–H groups in total. The SMILES string of the molecule is COc1cccc(-c2ccccc2C(=O)Cl)c1. The molecule has 0 heterocycles. The molecule has 0 aliphatic rings. The molecule has 2 aromatic rings. The van der Waals surface area contributed by atoms with E-state index in [-0.39, 0.29) is 0 Å². The summed E-state index contributed by atoms with van der Waals surface area (Å²) in [7, 11) is 1.61. The number of methoxy groups -OCH3 is 1. The van der Waals surface area contributed by atoms with Crippen LogP contribution in [0.5, 0.6) is 5.75 Å². The van der Waals surface area contributed by atoms with Gasteiger partial charge in [0.05, 0.1) is 7.11 Å². The van der Waals surface area contributed by atoms with Gasteiger partial charge in [-0.2, -0.15) is 0 Å². The van der Waals surface area contributed by atoms with Crippen LogP contribution in [0, 0.1) is 0 Å². The molecule has 0 saturated heterocycles. The predicted molar refractivity (Wildman–Crippen MR) is 68.6 cm³/mol. The Morgan fingerprint density at radius 2 is 1.88 bits per heavy atom. The highest BCUT2D eigenvalue weighted by molar-refractivity contribution is 6.68. The maximum atomic E-state index is 11.3. The lowest BCUT2D eigenvalue weighted by Gasteiger charge is -2.07. The summed E-state index contributed by atoms with van der Waals surface area (Å²) < 4.78 is 5.16. The number of hydrogen-bond donors (Lipinski definition) is 0. The van der Waals surface area contributed by atoms with Crippen LogP contribution >= 0.6 is 11.6 Å². The third-order valence-corrected chi connectivity index (χ3v) is 2.72. The minimum absolute atomic E-state index is 0.455. The summed E-state index contributed by atoms with van der Waals surface area (Å²) in [6, 6.07) is 14.8. The van der Waals surface area contributed by atoms with E-state index in [0.717, 1.165) is 16.9 Å². The molecule has 2 nitrogen and oxygen atoms in total. The fourth-order valence-corrected chi connectivity index (χ4v) is 1.86. The Balaban J connectivity index is 2.56. The number of carbonyl (C=O) groups excluding carboxylic acids is 1. The quantitative estimate of drug-likeness (QED) is 0.771. The summed E-state index contributed by atoms with van der Waals surface area (Å²) >= 11 is 5.56. The molecule has 0 atom stereocenters. The number of hydrogen-bond acceptors (Lipinski definition) is 2. The normalized spacial score (nSPS) is 10.0. The van der Waals surface area contributed by atoms with Gasteiger partial charge in [-0.1, -0.05) is 30.3 Å². The fraction of sp³-hybridized carbons (Fsp3) is 0.0714. The number of benzene rings is 2. The van der Waals surface area contributed by atoms with Crippen molar-refractivity contribution in [1.82, 2.24) is 0 Å². The molecule has 3 heteroatoms. The highest BCUT2D eigenvalue weighted by Gasteiger charge is 2.10. The molecule has 2 aromatic carbocycles. The van der Waals surface area contributed by atoms with Crippen LogP contribution in [0.3, 0.4) is 0 Å². The van der Waals surface area contributed by atoms with E-state index < -0.39 is 5.24 Å². The molecule has 0 saturated carbocycles. The van der Waals surface area contributed by atoms with E-state index in [2.05, 4.69) is 0 Å². The van der Waals surface area contributed by atoms with Crippen LogP contribution in [-0.2, 0) is 0 Å². The van der Waals surface area contributed by atoms with Crippen molar-refractivity contribution in [2.75, 3.05) is 7.11 Å². The summed E-state index contributed by atoms with van der Waals surface area (Å²) in [6.45, 7) is 0. The molecule has 0 fully saturated rings. The van der Waals surface area contributed by atoms with Gasteiger partial charge in [0.1, 0.15) is 5.75 Å². The molecule has 0 unspecified atom stereocenters. The van der Waals surface area contributed by atoms with E-state index in [1.807, 2.05) is 36.4 Å². The first-order valence-electron chi connectivity index (χ1n) is 5.15. The number of ether oxygens (including phenoxy) is 1. The van der Waals surface area contributed by atoms with Crippen LogP contribution in [0.25, 0.3) is 11.1 Å². The fourth-order valence-electron chi connectivity index (χ4n) is 1.70. The molecule has 0 spiro atoms. The van der Waals surface area contributed by atoms with Gasteiger partial charge in [0.25, 0.3) is 5.24 Å². The summed E-state index contributed by atoms with van der Waals surface area (Å²) in [5, 5.41) is -0.455. The van der Waals surface area contributed by atoms with Crippen molar-refractivity contribution >= 4 is 16.8 Å². The van der Waals surface area contributed by atoms with Crippen LogP contribution in [0.4, 0.5) is 0 Å². The Hall–Kier alpha value is -1.80. The van der Waals surface area contributed by atoms with E-state index >= 15 is 0 Å². The van der Waals surface area contributed by atoms with Crippen molar-refractivity contribution in [3.63, 3.8) is 0 Å². The third-order valence-electron chi connectivity index (χ3n) is 2.52. The van der Waals surface area contributed by atoms with Crippen LogP contribution in [0.2, 0.25) is 0 Å². The Labute approximate surface area is 105 Å². The van der Waals surface area contributed by atoms with Gasteiger partial charge >= 0.3 is 0 Å². The number of rotatable bonds is 3. The van der Waals surface area contributed by atoms with Gasteiger partial charge in [0, 0.05) is 5.56 Å². The second-order valence-corrected chi connectivity index (χ2v) is 3.89. The summed E-state index contributed by atoms with van der Waals surface area (Å²) in [5.41, 5.74) is 2.22. The molecule has 17 heavy (non-hydrogen) atoms. The Kier molecular flexibility index (Phi) is 3.45. The van der Waals surface area contributed by atoms with E-state index in [1.54, 1.807) is 19.2 Å². The monoisotopic (exact) mass is 246 g/mol. The minimum atomic E-state index is -0.455. The smallest absolute Gasteiger partial charge is 0.253 e. The van der Waals surface area contributed by atoms with E-state index in [0.29, 0.717) is 5.56 Å². The van der Waals surface area contributed by atoms with Crippen LogP contribution < -0.4 is 4.74 Å². The molecule has 86 valence electrons. The molecular formula is C14H11ClO2. The predicted octanol–water partition coefficient (Wildman–Crippen LogP) is 3.74. The highest BCUT2D eigenvalue weighted by Crippen LogP contribution is 2.27. The summed E-state index contributed by atoms with van der Waals surface area (Å²) in [5.74, 6) is 0.749. The highest BCUT2D eigenvalue weighted by atomic mass is 35.5. The molecule has 0 aliphatic carbocycles. The summed E-state index contributed by atoms with van der Waals surface area (Å²) in [6.07, 6.45) is 0. The van der Waals surface area contributed by atoms with Crippen molar-refractivity contribution in [2.24, 2.45) is 0 Å². The maximum Gasteiger partial charge on any atom is 0.253 e. The largest absolute Gasteiger partial charge is 0.497 e. The van der Waals surface area contributed by atoms with E-state index in [1.165, 1.54) is 0 Å². The van der Waals surface area contributed by atoms with Gasteiger partial charge in [-0.3, -0.25) is 4.79 Å². The summed E-state index contributed by atoms with van der Waals surface area (Å²) in [4.78, 5) is 11.3. The van der Waals surface area contributed by atoms with Crippen LogP contribution in [0.1, 0.15) is 10.4 Å². The van der Waals surface area contributed by atoms with Gasteiger partial charge < -0.3 is 4.74 Å². The molecule has 2 rings (SSSR count). The molecule has 0 aromatic heterocycles. The van der Waals surface area contributed by atoms with Gasteiger partial charge in [-0.15, -0.1) is 0 Å². The zero-order valence-corrected chi connectivity index (χ0v) is 10.1. The van der Waals surface area contributed by atoms with Crippen molar-refractivity contribution in [3.8, 4) is 16.9 Å². The Morgan fingerprint density at radius 1 is 1.12 bits per heavy atom. The molecule has 0 radical (unpaired) electrons. The third kappa shape index (κ3) is 2.48. The first kappa shape index (κ1) is 11.7. The van der Waals surface area contributed by atoms with E-state index in [4.69, 9.17) is 16.3 Å². The second-order valence-electron chi connectivity index (χ2n) is 3.55. The zero-order valence-electron chi connectivity index (χ0n) is 9.31. The van der Waals surface area contributed by atoms with E-state index in [9.17, 15) is 4.79 Å². The zero-order chi connectivity index (χ0) is 12.3. The first-order valence-corrected chi connectivity index (χ1v) is 5.53. The van der Waals surface area contributed by atoms with Gasteiger partial charge in [0.2, 0.25) is 0 Å². The van der Waals surface area contributed by atoms with Crippen molar-refractivity contribution < 1.29 is 9.53 Å². The second kappa shape index (κ2) is 5.02. The number of carbonyl (C=O) groups is 1. The average Bonchev–Trinajstić information content (AvgIpc) is 2.39. The van der Waals surface area contributed by atoms with Crippen LogP contribution in [0.15, 0.2) is 48.5 Å². The van der Waals surface area contributed by atoms with Gasteiger partial charge in [-0.05, 0) is 40.9 Å². The molecule has 0 bridgehead atoms. The number of halogens is 1.